The molecule has 0 aliphatic rings. The molecule has 0 spiro atoms. The first-order valence-corrected chi connectivity index (χ1v) is 6.58. The molecule has 0 saturated heterocycles. The van der Waals surface area contributed by atoms with Gasteiger partial charge in [0.15, 0.2) is 0 Å². The predicted octanol–water partition coefficient (Wildman–Crippen LogP) is 3.36. The fourth-order valence-electron chi connectivity index (χ4n) is 1.88. The van der Waals surface area contributed by atoms with E-state index in [9.17, 15) is 4.79 Å². The van der Waals surface area contributed by atoms with Gasteiger partial charge in [0, 0.05) is 6.04 Å². The Bertz CT molecular complexity index is 525. The Kier molecular flexibility index (Phi) is 5.18. The number of amides is 1. The van der Waals surface area contributed by atoms with E-state index in [1.54, 1.807) is 0 Å². The Morgan fingerprint density at radius 2 is 1.55 bits per heavy atom. The van der Waals surface area contributed by atoms with E-state index in [1.807, 2.05) is 60.7 Å². The van der Waals surface area contributed by atoms with Crippen LogP contribution in [0.15, 0.2) is 60.7 Å². The maximum absolute atomic E-state index is 11.6. The van der Waals surface area contributed by atoms with Crippen molar-refractivity contribution in [2.24, 2.45) is 0 Å². The highest BCUT2D eigenvalue weighted by atomic mass is 16.5. The van der Waals surface area contributed by atoms with Crippen LogP contribution in [0.2, 0.25) is 0 Å². The Labute approximate surface area is 119 Å². The van der Waals surface area contributed by atoms with Crippen LogP contribution in [-0.2, 0) is 17.8 Å². The van der Waals surface area contributed by atoms with E-state index in [-0.39, 0.29) is 12.6 Å². The van der Waals surface area contributed by atoms with Crippen molar-refractivity contribution in [3.05, 3.63) is 78.7 Å². The molecule has 0 heterocycles. The second-order valence-corrected chi connectivity index (χ2v) is 4.59. The fourth-order valence-corrected chi connectivity index (χ4v) is 1.88. The van der Waals surface area contributed by atoms with Gasteiger partial charge in [0.1, 0.15) is 6.61 Å². The largest absolute Gasteiger partial charge is 0.445 e. The summed E-state index contributed by atoms with van der Waals surface area (Å²) >= 11 is 0. The van der Waals surface area contributed by atoms with Gasteiger partial charge >= 0.3 is 6.09 Å². The van der Waals surface area contributed by atoms with Crippen molar-refractivity contribution in [3.8, 4) is 0 Å². The minimum absolute atomic E-state index is 0.208. The van der Waals surface area contributed by atoms with Gasteiger partial charge in [0.05, 0.1) is 0 Å². The van der Waals surface area contributed by atoms with Crippen molar-refractivity contribution in [1.82, 2.24) is 5.32 Å². The van der Waals surface area contributed by atoms with Crippen LogP contribution >= 0.6 is 0 Å². The standard InChI is InChI=1S/C17H18NO2/c1-14(12-15-8-4-2-5-9-15)18-17(19)20-13-16-10-6-3-7-11-16/h2-11,14H,1,12-13H2,(H,18,19)/t14-/m1/s1. The van der Waals surface area contributed by atoms with E-state index in [0.29, 0.717) is 6.42 Å². The number of alkyl carbamates (subject to hydrolysis) is 1. The Morgan fingerprint density at radius 3 is 2.15 bits per heavy atom. The molecule has 1 N–H and O–H groups in total. The molecule has 0 aliphatic carbocycles. The molecule has 2 aromatic rings. The first-order valence-electron chi connectivity index (χ1n) is 6.58. The van der Waals surface area contributed by atoms with Crippen LogP contribution in [0.25, 0.3) is 0 Å². The Balaban J connectivity index is 1.74. The van der Waals surface area contributed by atoms with Crippen LogP contribution in [0.3, 0.4) is 0 Å². The van der Waals surface area contributed by atoms with Crippen LogP contribution in [0, 0.1) is 6.92 Å². The molecule has 20 heavy (non-hydrogen) atoms. The highest BCUT2D eigenvalue weighted by Crippen LogP contribution is 2.04. The van der Waals surface area contributed by atoms with Gasteiger partial charge in [0.25, 0.3) is 0 Å². The Hall–Kier alpha value is -2.29. The van der Waals surface area contributed by atoms with E-state index >= 15 is 0 Å². The molecular weight excluding hydrogens is 250 g/mol. The van der Waals surface area contributed by atoms with Crippen LogP contribution in [0.4, 0.5) is 4.79 Å². The molecule has 3 nitrogen and oxygen atoms in total. The number of carbonyl (C=O) groups excluding carboxylic acids is 1. The molecule has 0 unspecified atom stereocenters. The lowest BCUT2D eigenvalue weighted by atomic mass is 10.1. The van der Waals surface area contributed by atoms with Crippen LogP contribution in [0.1, 0.15) is 11.1 Å². The van der Waals surface area contributed by atoms with E-state index in [2.05, 4.69) is 12.2 Å². The zero-order valence-electron chi connectivity index (χ0n) is 11.3. The molecule has 2 aromatic carbocycles. The molecule has 1 atom stereocenters. The topological polar surface area (TPSA) is 38.3 Å². The summed E-state index contributed by atoms with van der Waals surface area (Å²) in [4.78, 5) is 11.6. The summed E-state index contributed by atoms with van der Waals surface area (Å²) in [6.45, 7) is 4.18. The zero-order chi connectivity index (χ0) is 14.2. The predicted molar refractivity (Wildman–Crippen MR) is 79.1 cm³/mol. The molecule has 1 radical (unpaired) electrons. The molecule has 0 fully saturated rings. The number of hydrogen-bond acceptors (Lipinski definition) is 2. The normalized spacial score (nSPS) is 11.7. The summed E-state index contributed by atoms with van der Waals surface area (Å²) in [5.41, 5.74) is 2.10. The number of hydrogen-bond donors (Lipinski definition) is 1. The summed E-state index contributed by atoms with van der Waals surface area (Å²) in [5, 5.41) is 2.73. The number of nitrogens with one attached hydrogen (secondary N) is 1. The average Bonchev–Trinajstić information content (AvgIpc) is 2.47. The molecule has 2 rings (SSSR count). The van der Waals surface area contributed by atoms with Gasteiger partial charge in [-0.3, -0.25) is 0 Å². The molecule has 0 aliphatic heterocycles. The van der Waals surface area contributed by atoms with Crippen molar-refractivity contribution in [2.75, 3.05) is 0 Å². The molecule has 0 aromatic heterocycles. The monoisotopic (exact) mass is 268 g/mol. The maximum Gasteiger partial charge on any atom is 0.407 e. The van der Waals surface area contributed by atoms with Gasteiger partial charge < -0.3 is 10.1 Å². The van der Waals surface area contributed by atoms with Gasteiger partial charge in [0.2, 0.25) is 0 Å². The minimum atomic E-state index is -0.440. The molecule has 103 valence electrons. The van der Waals surface area contributed by atoms with Gasteiger partial charge in [-0.15, -0.1) is 0 Å². The smallest absolute Gasteiger partial charge is 0.407 e. The third kappa shape index (κ3) is 4.76. The lowest BCUT2D eigenvalue weighted by Crippen LogP contribution is -2.34. The first-order chi connectivity index (χ1) is 9.74. The van der Waals surface area contributed by atoms with E-state index in [0.717, 1.165) is 11.1 Å². The highest BCUT2D eigenvalue weighted by Gasteiger charge is 2.09. The quantitative estimate of drug-likeness (QED) is 0.903. The second-order valence-electron chi connectivity index (χ2n) is 4.59. The average molecular weight is 268 g/mol. The summed E-state index contributed by atoms with van der Waals surface area (Å²) < 4.78 is 5.15. The van der Waals surface area contributed by atoms with Crippen molar-refractivity contribution in [3.63, 3.8) is 0 Å². The Morgan fingerprint density at radius 1 is 1.00 bits per heavy atom. The first kappa shape index (κ1) is 14.1. The van der Waals surface area contributed by atoms with Crippen molar-refractivity contribution < 1.29 is 9.53 Å². The third-order valence-electron chi connectivity index (χ3n) is 2.86. The summed E-state index contributed by atoms with van der Waals surface area (Å²) in [5.74, 6) is 0. The van der Waals surface area contributed by atoms with Gasteiger partial charge in [-0.25, -0.2) is 4.79 Å². The van der Waals surface area contributed by atoms with Gasteiger partial charge in [-0.1, -0.05) is 60.7 Å². The number of rotatable bonds is 5. The van der Waals surface area contributed by atoms with Crippen molar-refractivity contribution in [2.45, 2.75) is 19.1 Å². The van der Waals surface area contributed by atoms with Gasteiger partial charge in [-0.05, 0) is 24.5 Å². The van der Waals surface area contributed by atoms with Gasteiger partial charge in [-0.2, -0.15) is 0 Å². The minimum Gasteiger partial charge on any atom is -0.445 e. The second kappa shape index (κ2) is 7.34. The van der Waals surface area contributed by atoms with Crippen LogP contribution in [-0.4, -0.2) is 12.1 Å². The summed E-state index contributed by atoms with van der Waals surface area (Å²) in [6.07, 6.45) is 0.242. The summed E-state index contributed by atoms with van der Waals surface area (Å²) in [7, 11) is 0. The molecule has 3 heteroatoms. The van der Waals surface area contributed by atoms with Crippen LogP contribution in [0.5, 0.6) is 0 Å². The zero-order valence-corrected chi connectivity index (χ0v) is 11.3. The molecule has 1 amide bonds. The number of ether oxygens (including phenoxy) is 1. The molecule has 0 saturated carbocycles. The third-order valence-corrected chi connectivity index (χ3v) is 2.86. The highest BCUT2D eigenvalue weighted by molar-refractivity contribution is 5.67. The van der Waals surface area contributed by atoms with E-state index in [1.165, 1.54) is 0 Å². The SMILES string of the molecule is [CH2][C@H](Cc1ccccc1)NC(=O)OCc1ccccc1. The van der Waals surface area contributed by atoms with E-state index < -0.39 is 6.09 Å². The van der Waals surface area contributed by atoms with Crippen LogP contribution < -0.4 is 5.32 Å². The molecular formula is C17H18NO2. The lowest BCUT2D eigenvalue weighted by Gasteiger charge is -2.14. The maximum atomic E-state index is 11.6. The summed E-state index contributed by atoms with van der Waals surface area (Å²) in [6, 6.07) is 19.3. The fraction of sp³-hybridized carbons (Fsp3) is 0.176. The lowest BCUT2D eigenvalue weighted by molar-refractivity contribution is 0.137. The van der Waals surface area contributed by atoms with E-state index in [4.69, 9.17) is 4.74 Å². The van der Waals surface area contributed by atoms with Crippen molar-refractivity contribution >= 4 is 6.09 Å². The number of benzene rings is 2. The molecule has 0 bridgehead atoms. The number of carbonyl (C=O) groups is 1. The van der Waals surface area contributed by atoms with Crippen molar-refractivity contribution in [1.29, 1.82) is 0 Å².